The van der Waals surface area contributed by atoms with E-state index in [1.54, 1.807) is 12.3 Å². The Kier molecular flexibility index (Phi) is 3.52. The van der Waals surface area contributed by atoms with Gasteiger partial charge in [-0.15, -0.1) is 0 Å². The Hall–Kier alpha value is -2.14. The van der Waals surface area contributed by atoms with Crippen molar-refractivity contribution in [3.05, 3.63) is 47.7 Å². The molecule has 0 aliphatic rings. The van der Waals surface area contributed by atoms with E-state index < -0.39 is 0 Å². The molecule has 0 aliphatic carbocycles. The number of nitrogens with zero attached hydrogens (tertiary/aromatic N) is 1. The van der Waals surface area contributed by atoms with Crippen LogP contribution >= 0.6 is 0 Å². The van der Waals surface area contributed by atoms with Crippen LogP contribution in [0.1, 0.15) is 11.1 Å². The van der Waals surface area contributed by atoms with E-state index in [0.717, 1.165) is 11.1 Å². The molecule has 5 nitrogen and oxygen atoms in total. The Morgan fingerprint density at radius 3 is 2.53 bits per heavy atom. The number of H-pyrrole nitrogens is 1. The first-order valence-corrected chi connectivity index (χ1v) is 5.35. The maximum absolute atomic E-state index is 11.7. The molecule has 0 spiro atoms. The molecule has 0 saturated heterocycles. The van der Waals surface area contributed by atoms with Gasteiger partial charge in [-0.1, -0.05) is 24.3 Å². The number of carbonyl (C=O) groups excluding carboxylic acids is 1. The molecule has 1 aromatic heterocycles. The van der Waals surface area contributed by atoms with Crippen LogP contribution in [0.3, 0.4) is 0 Å². The van der Waals surface area contributed by atoms with Crippen LogP contribution in [0.15, 0.2) is 36.5 Å². The van der Waals surface area contributed by atoms with E-state index in [4.69, 9.17) is 5.73 Å². The summed E-state index contributed by atoms with van der Waals surface area (Å²) in [4.78, 5) is 11.7. The molecule has 17 heavy (non-hydrogen) atoms. The quantitative estimate of drug-likeness (QED) is 0.734. The van der Waals surface area contributed by atoms with Crippen molar-refractivity contribution in [1.82, 2.24) is 10.2 Å². The summed E-state index contributed by atoms with van der Waals surface area (Å²) < 4.78 is 0. The smallest absolute Gasteiger partial charge is 0.229 e. The standard InChI is InChI=1S/C12H14N4O/c13-8-10-3-1-9(2-4-10)7-12(17)15-11-5-6-14-16-11/h1-6H,7-8,13H2,(H2,14,15,16,17). The summed E-state index contributed by atoms with van der Waals surface area (Å²) in [6, 6.07) is 9.39. The molecule has 1 amide bonds. The molecule has 88 valence electrons. The van der Waals surface area contributed by atoms with Crippen LogP contribution < -0.4 is 11.1 Å². The number of carbonyl (C=O) groups is 1. The van der Waals surface area contributed by atoms with Crippen LogP contribution in [0.2, 0.25) is 0 Å². The average molecular weight is 230 g/mol. The second-order valence-electron chi connectivity index (χ2n) is 3.72. The van der Waals surface area contributed by atoms with Crippen LogP contribution in [0.5, 0.6) is 0 Å². The van der Waals surface area contributed by atoms with Crippen LogP contribution in [0, 0.1) is 0 Å². The van der Waals surface area contributed by atoms with Gasteiger partial charge in [-0.3, -0.25) is 9.89 Å². The second-order valence-corrected chi connectivity index (χ2v) is 3.72. The van der Waals surface area contributed by atoms with E-state index in [1.165, 1.54) is 0 Å². The average Bonchev–Trinajstić information content (AvgIpc) is 2.82. The molecule has 0 unspecified atom stereocenters. The van der Waals surface area contributed by atoms with Gasteiger partial charge in [0.15, 0.2) is 0 Å². The lowest BCUT2D eigenvalue weighted by Crippen LogP contribution is -2.14. The second kappa shape index (κ2) is 5.27. The van der Waals surface area contributed by atoms with E-state index in [1.807, 2.05) is 24.3 Å². The number of hydrogen-bond acceptors (Lipinski definition) is 3. The number of benzene rings is 1. The fourth-order valence-electron chi connectivity index (χ4n) is 1.50. The van der Waals surface area contributed by atoms with Crippen molar-refractivity contribution in [2.24, 2.45) is 5.73 Å². The molecule has 0 atom stereocenters. The molecule has 1 heterocycles. The largest absolute Gasteiger partial charge is 0.326 e. The van der Waals surface area contributed by atoms with Crippen molar-refractivity contribution >= 4 is 11.7 Å². The van der Waals surface area contributed by atoms with Crippen LogP contribution in [-0.2, 0) is 17.8 Å². The lowest BCUT2D eigenvalue weighted by Gasteiger charge is -2.03. The third kappa shape index (κ3) is 3.15. The fourth-order valence-corrected chi connectivity index (χ4v) is 1.50. The Morgan fingerprint density at radius 2 is 1.94 bits per heavy atom. The van der Waals surface area contributed by atoms with Gasteiger partial charge in [-0.25, -0.2) is 0 Å². The maximum atomic E-state index is 11.7. The van der Waals surface area contributed by atoms with Crippen molar-refractivity contribution < 1.29 is 4.79 Å². The summed E-state index contributed by atoms with van der Waals surface area (Å²) in [5.74, 6) is 0.531. The molecule has 4 N–H and O–H groups in total. The first kappa shape index (κ1) is 11.3. The van der Waals surface area contributed by atoms with Crippen molar-refractivity contribution in [1.29, 1.82) is 0 Å². The summed E-state index contributed by atoms with van der Waals surface area (Å²) in [6.45, 7) is 0.515. The summed E-state index contributed by atoms with van der Waals surface area (Å²) in [6.07, 6.45) is 1.93. The molecular formula is C12H14N4O. The molecule has 2 rings (SSSR count). The molecule has 0 bridgehead atoms. The molecule has 5 heteroatoms. The third-order valence-electron chi connectivity index (χ3n) is 2.40. The molecule has 0 radical (unpaired) electrons. The van der Waals surface area contributed by atoms with Crippen LogP contribution in [0.25, 0.3) is 0 Å². The number of amides is 1. The Labute approximate surface area is 99.0 Å². The van der Waals surface area contributed by atoms with E-state index >= 15 is 0 Å². The summed E-state index contributed by atoms with van der Waals surface area (Å²) in [7, 11) is 0. The van der Waals surface area contributed by atoms with Crippen molar-refractivity contribution in [2.75, 3.05) is 5.32 Å². The lowest BCUT2D eigenvalue weighted by atomic mass is 10.1. The highest BCUT2D eigenvalue weighted by Gasteiger charge is 2.04. The molecule has 2 aromatic rings. The van der Waals surface area contributed by atoms with Crippen molar-refractivity contribution in [3.8, 4) is 0 Å². The predicted molar refractivity (Wildman–Crippen MR) is 65.3 cm³/mol. The maximum Gasteiger partial charge on any atom is 0.229 e. The molecule has 0 saturated carbocycles. The van der Waals surface area contributed by atoms with E-state index in [0.29, 0.717) is 18.8 Å². The van der Waals surface area contributed by atoms with E-state index in [9.17, 15) is 4.79 Å². The van der Waals surface area contributed by atoms with Gasteiger partial charge >= 0.3 is 0 Å². The zero-order valence-corrected chi connectivity index (χ0v) is 9.31. The number of aromatic amines is 1. The van der Waals surface area contributed by atoms with Gasteiger partial charge in [0.2, 0.25) is 5.91 Å². The molecule has 0 fully saturated rings. The first-order valence-electron chi connectivity index (χ1n) is 5.35. The molecule has 1 aromatic carbocycles. The van der Waals surface area contributed by atoms with Crippen molar-refractivity contribution in [2.45, 2.75) is 13.0 Å². The Bertz CT molecular complexity index is 476. The topological polar surface area (TPSA) is 83.8 Å². The van der Waals surface area contributed by atoms with Gasteiger partial charge in [0, 0.05) is 12.6 Å². The Morgan fingerprint density at radius 1 is 1.24 bits per heavy atom. The SMILES string of the molecule is NCc1ccc(CC(=O)Nc2ccn[nH]2)cc1. The highest BCUT2D eigenvalue weighted by Crippen LogP contribution is 2.06. The number of rotatable bonds is 4. The summed E-state index contributed by atoms with van der Waals surface area (Å²) in [5, 5.41) is 9.14. The van der Waals surface area contributed by atoms with E-state index in [-0.39, 0.29) is 5.91 Å². The van der Waals surface area contributed by atoms with Gasteiger partial charge in [0.25, 0.3) is 0 Å². The normalized spacial score (nSPS) is 10.2. The Balaban J connectivity index is 1.93. The predicted octanol–water partition coefficient (Wildman–Crippen LogP) is 1.05. The molecule has 0 aliphatic heterocycles. The van der Waals surface area contributed by atoms with Gasteiger partial charge in [-0.2, -0.15) is 5.10 Å². The number of nitrogens with two attached hydrogens (primary N) is 1. The minimum atomic E-state index is -0.0743. The molecular weight excluding hydrogens is 216 g/mol. The monoisotopic (exact) mass is 230 g/mol. The van der Waals surface area contributed by atoms with E-state index in [2.05, 4.69) is 15.5 Å². The minimum absolute atomic E-state index is 0.0743. The number of anilines is 1. The van der Waals surface area contributed by atoms with Gasteiger partial charge in [0.05, 0.1) is 12.6 Å². The third-order valence-corrected chi connectivity index (χ3v) is 2.40. The zero-order chi connectivity index (χ0) is 12.1. The fraction of sp³-hybridized carbons (Fsp3) is 0.167. The highest BCUT2D eigenvalue weighted by molar-refractivity contribution is 5.91. The first-order chi connectivity index (χ1) is 8.28. The summed E-state index contributed by atoms with van der Waals surface area (Å²) in [5.41, 5.74) is 7.52. The minimum Gasteiger partial charge on any atom is -0.326 e. The van der Waals surface area contributed by atoms with Gasteiger partial charge < -0.3 is 11.1 Å². The van der Waals surface area contributed by atoms with Crippen LogP contribution in [0.4, 0.5) is 5.82 Å². The lowest BCUT2D eigenvalue weighted by molar-refractivity contribution is -0.115. The summed E-state index contributed by atoms with van der Waals surface area (Å²) >= 11 is 0. The highest BCUT2D eigenvalue weighted by atomic mass is 16.1. The van der Waals surface area contributed by atoms with Gasteiger partial charge in [0.1, 0.15) is 5.82 Å². The zero-order valence-electron chi connectivity index (χ0n) is 9.31. The van der Waals surface area contributed by atoms with Crippen LogP contribution in [-0.4, -0.2) is 16.1 Å². The van der Waals surface area contributed by atoms with Gasteiger partial charge in [-0.05, 0) is 11.1 Å². The number of aromatic nitrogens is 2. The number of nitrogens with one attached hydrogen (secondary N) is 2. The number of hydrogen-bond donors (Lipinski definition) is 3. The van der Waals surface area contributed by atoms with Crippen molar-refractivity contribution in [3.63, 3.8) is 0 Å².